The molecule has 10 heteroatoms. The van der Waals surface area contributed by atoms with E-state index in [1.807, 2.05) is 0 Å². The number of nitrogens with one attached hydrogen (secondary N) is 2. The molecule has 0 radical (unpaired) electrons. The van der Waals surface area contributed by atoms with Crippen LogP contribution in [0.3, 0.4) is 0 Å². The highest BCUT2D eigenvalue weighted by atomic mass is 32.2. The molecule has 0 aliphatic rings. The van der Waals surface area contributed by atoms with Crippen molar-refractivity contribution in [3.63, 3.8) is 0 Å². The third-order valence-corrected chi connectivity index (χ3v) is 4.72. The van der Waals surface area contributed by atoms with Crippen molar-refractivity contribution in [2.24, 2.45) is 0 Å². The molecule has 26 heavy (non-hydrogen) atoms. The summed E-state index contributed by atoms with van der Waals surface area (Å²) in [4.78, 5) is 11.6. The number of halogens is 4. The molecule has 0 atom stereocenters. The van der Waals surface area contributed by atoms with Gasteiger partial charge in [0.15, 0.2) is 0 Å². The first-order valence-electron chi connectivity index (χ1n) is 7.30. The molecule has 0 unspecified atom stereocenters. The van der Waals surface area contributed by atoms with Gasteiger partial charge in [0.25, 0.3) is 0 Å². The molecule has 0 saturated heterocycles. The molecule has 0 saturated carbocycles. The van der Waals surface area contributed by atoms with Crippen LogP contribution in [0.4, 0.5) is 23.2 Å². The van der Waals surface area contributed by atoms with E-state index in [9.17, 15) is 30.8 Å². The smallest absolute Gasteiger partial charge is 0.326 e. The third-order valence-electron chi connectivity index (χ3n) is 3.24. The van der Waals surface area contributed by atoms with E-state index in [0.717, 1.165) is 42.5 Å². The lowest BCUT2D eigenvalue weighted by Crippen LogP contribution is -2.27. The molecular formula is C16H14F4N2O3S. The number of hydrogen-bond donors (Lipinski definition) is 2. The van der Waals surface area contributed by atoms with Crippen molar-refractivity contribution in [3.8, 4) is 0 Å². The molecule has 0 fully saturated rings. The van der Waals surface area contributed by atoms with Gasteiger partial charge in [0.2, 0.25) is 15.9 Å². The molecule has 0 aliphatic heterocycles. The van der Waals surface area contributed by atoms with Crippen LogP contribution in [0, 0.1) is 5.82 Å². The van der Waals surface area contributed by atoms with Crippen molar-refractivity contribution in [1.29, 1.82) is 0 Å². The fraction of sp³-hybridized carbons (Fsp3) is 0.188. The first-order chi connectivity index (χ1) is 12.1. The van der Waals surface area contributed by atoms with Gasteiger partial charge in [-0.1, -0.05) is 6.07 Å². The standard InChI is InChI=1S/C16H14F4N2O3S/c17-12-4-6-14(7-5-12)26(24,25)21-9-8-15(23)22-13-3-1-2-11(10-13)16(18,19)20/h1-7,10,21H,8-9H2,(H,22,23). The largest absolute Gasteiger partial charge is 0.416 e. The zero-order chi connectivity index (χ0) is 19.4. The maximum atomic E-state index is 12.8. The van der Waals surface area contributed by atoms with Crippen molar-refractivity contribution in [1.82, 2.24) is 4.72 Å². The molecule has 140 valence electrons. The lowest BCUT2D eigenvalue weighted by atomic mass is 10.2. The summed E-state index contributed by atoms with van der Waals surface area (Å²) >= 11 is 0. The lowest BCUT2D eigenvalue weighted by molar-refractivity contribution is -0.137. The highest BCUT2D eigenvalue weighted by molar-refractivity contribution is 7.89. The Bertz CT molecular complexity index is 881. The zero-order valence-electron chi connectivity index (χ0n) is 13.2. The average molecular weight is 390 g/mol. The van der Waals surface area contributed by atoms with Crippen LogP contribution in [-0.4, -0.2) is 20.9 Å². The molecule has 2 rings (SSSR count). The molecule has 2 aromatic carbocycles. The van der Waals surface area contributed by atoms with Crippen LogP contribution in [-0.2, 0) is 21.0 Å². The van der Waals surface area contributed by atoms with Crippen LogP contribution in [0.1, 0.15) is 12.0 Å². The average Bonchev–Trinajstić information content (AvgIpc) is 2.54. The van der Waals surface area contributed by atoms with Crippen LogP contribution in [0.5, 0.6) is 0 Å². The Kier molecular flexibility index (Phi) is 5.98. The quantitative estimate of drug-likeness (QED) is 0.744. The Labute approximate surface area is 147 Å². The van der Waals surface area contributed by atoms with Gasteiger partial charge in [0.05, 0.1) is 10.5 Å². The Morgan fingerprint density at radius 3 is 2.31 bits per heavy atom. The van der Waals surface area contributed by atoms with Gasteiger partial charge in [0.1, 0.15) is 5.82 Å². The van der Waals surface area contributed by atoms with Crippen molar-refractivity contribution in [3.05, 3.63) is 59.9 Å². The number of benzene rings is 2. The van der Waals surface area contributed by atoms with Crippen molar-refractivity contribution in [2.45, 2.75) is 17.5 Å². The van der Waals surface area contributed by atoms with E-state index in [2.05, 4.69) is 10.0 Å². The molecule has 0 aromatic heterocycles. The lowest BCUT2D eigenvalue weighted by Gasteiger charge is -2.10. The number of carbonyl (C=O) groups is 1. The van der Waals surface area contributed by atoms with Crippen LogP contribution in [0.25, 0.3) is 0 Å². The summed E-state index contributed by atoms with van der Waals surface area (Å²) in [6, 6.07) is 8.18. The number of carbonyl (C=O) groups excluding carboxylic acids is 1. The summed E-state index contributed by atoms with van der Waals surface area (Å²) in [7, 11) is -3.92. The summed E-state index contributed by atoms with van der Waals surface area (Å²) in [5.41, 5.74) is -0.960. The second kappa shape index (κ2) is 7.83. The Hall–Kier alpha value is -2.46. The van der Waals surface area contributed by atoms with Crippen LogP contribution in [0.15, 0.2) is 53.4 Å². The molecular weight excluding hydrogens is 376 g/mol. The van der Waals surface area contributed by atoms with Gasteiger partial charge in [-0.2, -0.15) is 13.2 Å². The summed E-state index contributed by atoms with van der Waals surface area (Å²) in [6.45, 7) is -0.273. The summed E-state index contributed by atoms with van der Waals surface area (Å²) in [5, 5.41) is 2.26. The van der Waals surface area contributed by atoms with E-state index in [1.54, 1.807) is 0 Å². The fourth-order valence-corrected chi connectivity index (χ4v) is 3.02. The van der Waals surface area contributed by atoms with Gasteiger partial charge < -0.3 is 5.32 Å². The predicted octanol–water partition coefficient (Wildman–Crippen LogP) is 3.15. The monoisotopic (exact) mass is 390 g/mol. The number of alkyl halides is 3. The molecule has 0 spiro atoms. The first-order valence-corrected chi connectivity index (χ1v) is 8.78. The van der Waals surface area contributed by atoms with Crippen LogP contribution in [0.2, 0.25) is 0 Å². The van der Waals surface area contributed by atoms with Crippen molar-refractivity contribution < 1.29 is 30.8 Å². The normalized spacial score (nSPS) is 12.0. The maximum absolute atomic E-state index is 12.8. The van der Waals surface area contributed by atoms with E-state index < -0.39 is 33.5 Å². The van der Waals surface area contributed by atoms with E-state index in [-0.39, 0.29) is 23.5 Å². The molecule has 2 aromatic rings. The second-order valence-corrected chi connectivity index (χ2v) is 7.00. The zero-order valence-corrected chi connectivity index (χ0v) is 14.0. The van der Waals surface area contributed by atoms with E-state index in [4.69, 9.17) is 0 Å². The Morgan fingerprint density at radius 2 is 1.69 bits per heavy atom. The van der Waals surface area contributed by atoms with Gasteiger partial charge in [-0.3, -0.25) is 4.79 Å². The van der Waals surface area contributed by atoms with E-state index in [1.165, 1.54) is 6.07 Å². The first kappa shape index (κ1) is 19.9. The van der Waals surface area contributed by atoms with Gasteiger partial charge in [-0.25, -0.2) is 17.5 Å². The van der Waals surface area contributed by atoms with Crippen LogP contribution >= 0.6 is 0 Å². The van der Waals surface area contributed by atoms with Crippen LogP contribution < -0.4 is 10.0 Å². The Morgan fingerprint density at radius 1 is 1.04 bits per heavy atom. The third kappa shape index (κ3) is 5.53. The number of anilines is 1. The van der Waals surface area contributed by atoms with Gasteiger partial charge in [-0.05, 0) is 42.5 Å². The number of sulfonamides is 1. The summed E-state index contributed by atoms with van der Waals surface area (Å²) in [6.07, 6.45) is -4.83. The number of hydrogen-bond acceptors (Lipinski definition) is 3. The molecule has 5 nitrogen and oxygen atoms in total. The maximum Gasteiger partial charge on any atom is 0.416 e. The van der Waals surface area contributed by atoms with Gasteiger partial charge in [-0.15, -0.1) is 0 Å². The van der Waals surface area contributed by atoms with Crippen molar-refractivity contribution >= 4 is 21.6 Å². The summed E-state index contributed by atoms with van der Waals surface area (Å²) < 4.78 is 76.7. The molecule has 0 bridgehead atoms. The Balaban J connectivity index is 1.90. The fourth-order valence-electron chi connectivity index (χ4n) is 1.99. The SMILES string of the molecule is O=C(CCNS(=O)(=O)c1ccc(F)cc1)Nc1cccc(C(F)(F)F)c1. The minimum atomic E-state index is -4.54. The van der Waals surface area contributed by atoms with Crippen molar-refractivity contribution in [2.75, 3.05) is 11.9 Å². The number of amides is 1. The molecule has 1 amide bonds. The van der Waals surface area contributed by atoms with E-state index in [0.29, 0.717) is 0 Å². The van der Waals surface area contributed by atoms with E-state index >= 15 is 0 Å². The van der Waals surface area contributed by atoms with Gasteiger partial charge >= 0.3 is 6.18 Å². The highest BCUT2D eigenvalue weighted by Gasteiger charge is 2.30. The molecule has 0 heterocycles. The topological polar surface area (TPSA) is 75.3 Å². The predicted molar refractivity (Wildman–Crippen MR) is 86.3 cm³/mol. The summed E-state index contributed by atoms with van der Waals surface area (Å²) in [5.74, 6) is -1.25. The number of rotatable bonds is 6. The van der Waals surface area contributed by atoms with Gasteiger partial charge in [0, 0.05) is 18.7 Å². The second-order valence-electron chi connectivity index (χ2n) is 5.23. The molecule has 2 N–H and O–H groups in total. The minimum Gasteiger partial charge on any atom is -0.326 e. The minimum absolute atomic E-state index is 0.0498. The molecule has 0 aliphatic carbocycles. The highest BCUT2D eigenvalue weighted by Crippen LogP contribution is 2.30.